The average molecular weight is 312 g/mol. The molecule has 0 aliphatic heterocycles. The van der Waals surface area contributed by atoms with Gasteiger partial charge in [-0.2, -0.15) is 18.3 Å². The Labute approximate surface area is 123 Å². The first-order valence-electron chi connectivity index (χ1n) is 6.08. The summed E-state index contributed by atoms with van der Waals surface area (Å²) in [6, 6.07) is 7.20. The Morgan fingerprint density at radius 3 is 2.71 bits per heavy atom. The maximum absolute atomic E-state index is 13.1. The van der Waals surface area contributed by atoms with E-state index in [0.29, 0.717) is 11.0 Å². The van der Waals surface area contributed by atoms with Gasteiger partial charge in [0.1, 0.15) is 5.52 Å². The van der Waals surface area contributed by atoms with Crippen molar-refractivity contribution in [2.24, 2.45) is 0 Å². The topological polar surface area (TPSA) is 30.7 Å². The molecule has 0 spiro atoms. The number of hydrogen-bond donors (Lipinski definition) is 0. The minimum Gasteiger partial charge on any atom is -0.259 e. The molecule has 2 aromatic heterocycles. The molecule has 0 amide bonds. The standard InChI is InChI=1S/C14H9ClF3N3/c15-11-4-1-3-10(14(16,17)18)9(11)8-21-13-5-2-6-19-12(13)7-20-21/h1-7H,8H2. The first-order valence-corrected chi connectivity index (χ1v) is 6.46. The molecule has 1 aromatic carbocycles. The Morgan fingerprint density at radius 2 is 1.95 bits per heavy atom. The summed E-state index contributed by atoms with van der Waals surface area (Å²) in [4.78, 5) is 4.10. The molecule has 3 aromatic rings. The van der Waals surface area contributed by atoms with Crippen LogP contribution in [-0.2, 0) is 12.7 Å². The smallest absolute Gasteiger partial charge is 0.259 e. The lowest BCUT2D eigenvalue weighted by Crippen LogP contribution is -2.13. The summed E-state index contributed by atoms with van der Waals surface area (Å²) in [5, 5.41) is 4.15. The predicted molar refractivity (Wildman–Crippen MR) is 73.1 cm³/mol. The first kappa shape index (κ1) is 13.9. The van der Waals surface area contributed by atoms with Crippen molar-refractivity contribution in [2.45, 2.75) is 12.7 Å². The highest BCUT2D eigenvalue weighted by Gasteiger charge is 2.34. The molecule has 0 bridgehead atoms. The van der Waals surface area contributed by atoms with E-state index in [1.54, 1.807) is 18.3 Å². The Kier molecular flexibility index (Phi) is 3.33. The fourth-order valence-electron chi connectivity index (χ4n) is 2.17. The van der Waals surface area contributed by atoms with Crippen LogP contribution in [0.25, 0.3) is 11.0 Å². The van der Waals surface area contributed by atoms with E-state index in [0.717, 1.165) is 6.07 Å². The van der Waals surface area contributed by atoms with E-state index < -0.39 is 11.7 Å². The van der Waals surface area contributed by atoms with Gasteiger partial charge in [0.25, 0.3) is 0 Å². The van der Waals surface area contributed by atoms with Gasteiger partial charge in [0.05, 0.1) is 23.8 Å². The highest BCUT2D eigenvalue weighted by atomic mass is 35.5. The summed E-state index contributed by atoms with van der Waals surface area (Å²) in [7, 11) is 0. The van der Waals surface area contributed by atoms with Crippen molar-refractivity contribution >= 4 is 22.6 Å². The zero-order valence-electron chi connectivity index (χ0n) is 10.6. The van der Waals surface area contributed by atoms with E-state index in [1.807, 2.05) is 0 Å². The molecule has 7 heteroatoms. The number of rotatable bonds is 2. The number of benzene rings is 1. The van der Waals surface area contributed by atoms with Gasteiger partial charge in [-0.15, -0.1) is 0 Å². The number of nitrogens with zero attached hydrogens (tertiary/aromatic N) is 3. The molecule has 2 heterocycles. The summed E-state index contributed by atoms with van der Waals surface area (Å²) in [5.41, 5.74) is 0.534. The van der Waals surface area contributed by atoms with Gasteiger partial charge in [-0.3, -0.25) is 9.67 Å². The van der Waals surface area contributed by atoms with Crippen molar-refractivity contribution in [3.8, 4) is 0 Å². The SMILES string of the molecule is FC(F)(F)c1cccc(Cl)c1Cn1ncc2ncccc21. The molecule has 0 atom stereocenters. The molecule has 108 valence electrons. The number of alkyl halides is 3. The number of pyridine rings is 1. The highest BCUT2D eigenvalue weighted by Crippen LogP contribution is 2.35. The third-order valence-corrected chi connectivity index (χ3v) is 3.50. The molecular weight excluding hydrogens is 303 g/mol. The molecule has 0 unspecified atom stereocenters. The van der Waals surface area contributed by atoms with Crippen LogP contribution < -0.4 is 0 Å². The van der Waals surface area contributed by atoms with Crippen LogP contribution in [0.1, 0.15) is 11.1 Å². The highest BCUT2D eigenvalue weighted by molar-refractivity contribution is 6.31. The van der Waals surface area contributed by atoms with Crippen molar-refractivity contribution in [3.05, 3.63) is 58.9 Å². The summed E-state index contributed by atoms with van der Waals surface area (Å²) in [6.45, 7) is -0.0658. The fourth-order valence-corrected chi connectivity index (χ4v) is 2.41. The number of hydrogen-bond acceptors (Lipinski definition) is 2. The van der Waals surface area contributed by atoms with Crippen LogP contribution >= 0.6 is 11.6 Å². The minimum absolute atomic E-state index is 0.000481. The van der Waals surface area contributed by atoms with Crippen molar-refractivity contribution in [2.75, 3.05) is 0 Å². The molecule has 0 aliphatic rings. The molecule has 0 saturated carbocycles. The lowest BCUT2D eigenvalue weighted by atomic mass is 10.1. The third kappa shape index (κ3) is 2.58. The van der Waals surface area contributed by atoms with Gasteiger partial charge in [-0.05, 0) is 24.3 Å². The maximum Gasteiger partial charge on any atom is 0.416 e. The molecule has 0 fully saturated rings. The molecule has 0 radical (unpaired) electrons. The zero-order chi connectivity index (χ0) is 15.0. The molecule has 3 rings (SSSR count). The number of halogens is 4. The van der Waals surface area contributed by atoms with E-state index in [-0.39, 0.29) is 17.1 Å². The van der Waals surface area contributed by atoms with Crippen molar-refractivity contribution < 1.29 is 13.2 Å². The van der Waals surface area contributed by atoms with E-state index in [2.05, 4.69) is 10.1 Å². The van der Waals surface area contributed by atoms with Gasteiger partial charge in [0.15, 0.2) is 0 Å². The van der Waals surface area contributed by atoms with Gasteiger partial charge < -0.3 is 0 Å². The van der Waals surface area contributed by atoms with Crippen LogP contribution in [0.2, 0.25) is 5.02 Å². The van der Waals surface area contributed by atoms with E-state index in [4.69, 9.17) is 11.6 Å². The fraction of sp³-hybridized carbons (Fsp3) is 0.143. The van der Waals surface area contributed by atoms with Gasteiger partial charge in [-0.1, -0.05) is 17.7 Å². The second-order valence-electron chi connectivity index (χ2n) is 4.47. The molecule has 3 nitrogen and oxygen atoms in total. The molecule has 0 N–H and O–H groups in total. The summed E-state index contributed by atoms with van der Waals surface area (Å²) >= 11 is 5.95. The summed E-state index contributed by atoms with van der Waals surface area (Å²) in [5.74, 6) is 0. The maximum atomic E-state index is 13.1. The van der Waals surface area contributed by atoms with Gasteiger partial charge in [0.2, 0.25) is 0 Å². The van der Waals surface area contributed by atoms with E-state index in [1.165, 1.54) is 23.0 Å². The zero-order valence-corrected chi connectivity index (χ0v) is 11.4. The van der Waals surface area contributed by atoms with Crippen LogP contribution in [0, 0.1) is 0 Å². The summed E-state index contributed by atoms with van der Waals surface area (Å²) < 4.78 is 40.7. The van der Waals surface area contributed by atoms with Gasteiger partial charge >= 0.3 is 6.18 Å². The quantitative estimate of drug-likeness (QED) is 0.711. The minimum atomic E-state index is -4.46. The van der Waals surface area contributed by atoms with Gasteiger partial charge in [0, 0.05) is 16.8 Å². The van der Waals surface area contributed by atoms with E-state index in [9.17, 15) is 13.2 Å². The van der Waals surface area contributed by atoms with Crippen LogP contribution in [0.3, 0.4) is 0 Å². The first-order chi connectivity index (χ1) is 9.97. The van der Waals surface area contributed by atoms with Crippen molar-refractivity contribution in [1.82, 2.24) is 14.8 Å². The molecular formula is C14H9ClF3N3. The number of aromatic nitrogens is 3. The van der Waals surface area contributed by atoms with Crippen LogP contribution in [-0.4, -0.2) is 14.8 Å². The second-order valence-corrected chi connectivity index (χ2v) is 4.88. The normalized spacial score (nSPS) is 12.0. The Hall–Kier alpha value is -2.08. The molecule has 0 saturated heterocycles. The Bertz CT molecular complexity index is 796. The molecule has 21 heavy (non-hydrogen) atoms. The van der Waals surface area contributed by atoms with Crippen LogP contribution in [0.15, 0.2) is 42.7 Å². The average Bonchev–Trinajstić information content (AvgIpc) is 2.83. The monoisotopic (exact) mass is 311 g/mol. The number of fused-ring (bicyclic) bond motifs is 1. The van der Waals surface area contributed by atoms with Gasteiger partial charge in [-0.25, -0.2) is 0 Å². The predicted octanol–water partition coefficient (Wildman–Crippen LogP) is 4.15. The Balaban J connectivity index is 2.10. The van der Waals surface area contributed by atoms with Crippen molar-refractivity contribution in [1.29, 1.82) is 0 Å². The summed E-state index contributed by atoms with van der Waals surface area (Å²) in [6.07, 6.45) is -1.34. The third-order valence-electron chi connectivity index (χ3n) is 3.15. The Morgan fingerprint density at radius 1 is 1.14 bits per heavy atom. The second kappa shape index (κ2) is 5.04. The largest absolute Gasteiger partial charge is 0.416 e. The lowest BCUT2D eigenvalue weighted by Gasteiger charge is -2.14. The van der Waals surface area contributed by atoms with Crippen LogP contribution in [0.5, 0.6) is 0 Å². The molecule has 0 aliphatic carbocycles. The lowest BCUT2D eigenvalue weighted by molar-refractivity contribution is -0.138. The van der Waals surface area contributed by atoms with Crippen LogP contribution in [0.4, 0.5) is 13.2 Å². The van der Waals surface area contributed by atoms with E-state index >= 15 is 0 Å². The van der Waals surface area contributed by atoms with Crippen molar-refractivity contribution in [3.63, 3.8) is 0 Å².